The number of carbonyl (C=O) groups excluding carboxylic acids is 1. The molecule has 0 atom stereocenters. The molecule has 0 aliphatic heterocycles. The molecular formula is C11H19N5O3S. The van der Waals surface area contributed by atoms with Crippen molar-refractivity contribution in [2.45, 2.75) is 26.8 Å². The first-order chi connectivity index (χ1) is 9.49. The number of hydrogen-bond donors (Lipinski definition) is 1. The van der Waals surface area contributed by atoms with E-state index in [1.807, 2.05) is 20.8 Å². The lowest BCUT2D eigenvalue weighted by Gasteiger charge is -2.18. The second kappa shape index (κ2) is 7.73. The molecule has 0 aromatic carbocycles. The smallest absolute Gasteiger partial charge is 0.388 e. The first-order valence-electron chi connectivity index (χ1n) is 6.10. The predicted molar refractivity (Wildman–Crippen MR) is 78.2 cm³/mol. The first-order valence-corrected chi connectivity index (χ1v) is 6.87. The molecule has 0 bridgehead atoms. The summed E-state index contributed by atoms with van der Waals surface area (Å²) in [5, 5.41) is 2.63. The molecule has 0 spiro atoms. The Bertz CT molecular complexity index is 458. The normalized spacial score (nSPS) is 10.3. The van der Waals surface area contributed by atoms with Crippen LogP contribution in [0.1, 0.15) is 20.8 Å². The number of anilines is 2. The van der Waals surface area contributed by atoms with Gasteiger partial charge in [-0.1, -0.05) is 0 Å². The molecule has 112 valence electrons. The SMILES string of the molecule is CCN(SC(=O)OC)c1nc(NC(C)C)nc(OC)n1. The average molecular weight is 301 g/mol. The highest BCUT2D eigenvalue weighted by Crippen LogP contribution is 2.22. The highest BCUT2D eigenvalue weighted by atomic mass is 32.2. The quantitative estimate of drug-likeness (QED) is 0.625. The van der Waals surface area contributed by atoms with E-state index in [2.05, 4.69) is 25.0 Å². The summed E-state index contributed by atoms with van der Waals surface area (Å²) in [6.07, 6.45) is 0. The number of nitrogens with one attached hydrogen (secondary N) is 1. The monoisotopic (exact) mass is 301 g/mol. The number of rotatable bonds is 6. The summed E-state index contributed by atoms with van der Waals surface area (Å²) in [5.41, 5.74) is 0. The molecule has 0 aliphatic rings. The van der Waals surface area contributed by atoms with Gasteiger partial charge in [0.1, 0.15) is 0 Å². The minimum absolute atomic E-state index is 0.165. The average Bonchev–Trinajstić information content (AvgIpc) is 2.43. The van der Waals surface area contributed by atoms with Crippen LogP contribution in [0.3, 0.4) is 0 Å². The number of carbonyl (C=O) groups is 1. The third kappa shape index (κ3) is 4.72. The van der Waals surface area contributed by atoms with Gasteiger partial charge < -0.3 is 14.8 Å². The second-order valence-corrected chi connectivity index (χ2v) is 4.94. The van der Waals surface area contributed by atoms with E-state index in [9.17, 15) is 4.79 Å². The van der Waals surface area contributed by atoms with Crippen LogP contribution >= 0.6 is 11.9 Å². The van der Waals surface area contributed by atoms with E-state index >= 15 is 0 Å². The Balaban J connectivity index is 3.03. The molecule has 20 heavy (non-hydrogen) atoms. The second-order valence-electron chi connectivity index (χ2n) is 3.98. The summed E-state index contributed by atoms with van der Waals surface area (Å²) in [5.74, 6) is 0.726. The number of aromatic nitrogens is 3. The van der Waals surface area contributed by atoms with Crippen molar-refractivity contribution in [3.05, 3.63) is 0 Å². The van der Waals surface area contributed by atoms with Gasteiger partial charge in [0.15, 0.2) is 0 Å². The van der Waals surface area contributed by atoms with Crippen molar-refractivity contribution in [1.29, 1.82) is 0 Å². The van der Waals surface area contributed by atoms with Gasteiger partial charge in [-0.2, -0.15) is 15.0 Å². The van der Waals surface area contributed by atoms with Gasteiger partial charge in [-0.05, 0) is 20.8 Å². The van der Waals surface area contributed by atoms with Crippen LogP contribution in [0.5, 0.6) is 6.01 Å². The number of hydrogen-bond acceptors (Lipinski definition) is 9. The summed E-state index contributed by atoms with van der Waals surface area (Å²) in [6, 6.07) is 0.348. The van der Waals surface area contributed by atoms with Crippen LogP contribution in [-0.2, 0) is 4.74 Å². The van der Waals surface area contributed by atoms with Crippen molar-refractivity contribution in [1.82, 2.24) is 15.0 Å². The molecule has 1 aromatic rings. The molecule has 8 nitrogen and oxygen atoms in total. The molecule has 0 amide bonds. The maximum absolute atomic E-state index is 11.4. The fraction of sp³-hybridized carbons (Fsp3) is 0.636. The van der Waals surface area contributed by atoms with E-state index in [0.717, 1.165) is 11.9 Å². The topological polar surface area (TPSA) is 89.5 Å². The molecule has 1 rings (SSSR count). The lowest BCUT2D eigenvalue weighted by molar-refractivity contribution is 0.200. The molecule has 1 aromatic heterocycles. The third-order valence-corrected chi connectivity index (χ3v) is 3.02. The molecule has 0 fully saturated rings. The van der Waals surface area contributed by atoms with E-state index < -0.39 is 5.30 Å². The Morgan fingerprint density at radius 3 is 2.55 bits per heavy atom. The minimum Gasteiger partial charge on any atom is -0.467 e. The van der Waals surface area contributed by atoms with Crippen molar-refractivity contribution in [2.75, 3.05) is 30.4 Å². The van der Waals surface area contributed by atoms with E-state index in [-0.39, 0.29) is 12.1 Å². The Morgan fingerprint density at radius 2 is 2.05 bits per heavy atom. The zero-order valence-electron chi connectivity index (χ0n) is 12.2. The highest BCUT2D eigenvalue weighted by Gasteiger charge is 2.17. The largest absolute Gasteiger partial charge is 0.467 e. The van der Waals surface area contributed by atoms with Gasteiger partial charge >= 0.3 is 11.3 Å². The molecule has 0 saturated heterocycles. The fourth-order valence-corrected chi connectivity index (χ4v) is 1.79. The number of nitrogens with zero attached hydrogens (tertiary/aromatic N) is 4. The highest BCUT2D eigenvalue weighted by molar-refractivity contribution is 8.14. The summed E-state index contributed by atoms with van der Waals surface area (Å²) >= 11 is 0.881. The van der Waals surface area contributed by atoms with E-state index in [4.69, 9.17) is 4.74 Å². The van der Waals surface area contributed by atoms with Crippen LogP contribution in [-0.4, -0.2) is 47.1 Å². The van der Waals surface area contributed by atoms with Crippen molar-refractivity contribution in [3.63, 3.8) is 0 Å². The van der Waals surface area contributed by atoms with Crippen molar-refractivity contribution in [2.24, 2.45) is 0 Å². The van der Waals surface area contributed by atoms with Crippen molar-refractivity contribution < 1.29 is 14.3 Å². The van der Waals surface area contributed by atoms with Gasteiger partial charge in [0.25, 0.3) is 0 Å². The van der Waals surface area contributed by atoms with Gasteiger partial charge in [0.05, 0.1) is 26.2 Å². The van der Waals surface area contributed by atoms with Crippen LogP contribution in [0, 0.1) is 0 Å². The third-order valence-electron chi connectivity index (χ3n) is 2.07. The number of ether oxygens (including phenoxy) is 2. The van der Waals surface area contributed by atoms with Crippen LogP contribution in [0.4, 0.5) is 16.7 Å². The first kappa shape index (κ1) is 16.3. The maximum atomic E-state index is 11.4. The van der Waals surface area contributed by atoms with Crippen LogP contribution in [0.15, 0.2) is 0 Å². The summed E-state index contributed by atoms with van der Waals surface area (Å²) in [6.45, 7) is 6.34. The van der Waals surface area contributed by atoms with Gasteiger partial charge in [-0.25, -0.2) is 4.79 Å². The molecule has 1 heterocycles. The zero-order chi connectivity index (χ0) is 15.1. The van der Waals surface area contributed by atoms with Gasteiger partial charge in [-0.3, -0.25) is 4.31 Å². The predicted octanol–water partition coefficient (Wildman–Crippen LogP) is 1.94. The van der Waals surface area contributed by atoms with Crippen LogP contribution in [0.25, 0.3) is 0 Å². The molecule has 0 saturated carbocycles. The minimum atomic E-state index is -0.440. The van der Waals surface area contributed by atoms with Crippen molar-refractivity contribution in [3.8, 4) is 6.01 Å². The van der Waals surface area contributed by atoms with Crippen LogP contribution in [0.2, 0.25) is 0 Å². The summed E-state index contributed by atoms with van der Waals surface area (Å²) < 4.78 is 11.3. The van der Waals surface area contributed by atoms with Gasteiger partial charge in [0, 0.05) is 12.6 Å². The summed E-state index contributed by atoms with van der Waals surface area (Å²) in [4.78, 5) is 23.8. The molecule has 0 unspecified atom stereocenters. The maximum Gasteiger partial charge on any atom is 0.388 e. The lowest BCUT2D eigenvalue weighted by atomic mass is 10.4. The molecule has 9 heteroatoms. The molecule has 0 aliphatic carbocycles. The van der Waals surface area contributed by atoms with E-state index in [0.29, 0.717) is 18.4 Å². The molecule has 0 radical (unpaired) electrons. The number of methoxy groups -OCH3 is 2. The van der Waals surface area contributed by atoms with Crippen LogP contribution < -0.4 is 14.4 Å². The molecule has 1 N–H and O–H groups in total. The lowest BCUT2D eigenvalue weighted by Crippen LogP contribution is -2.21. The summed E-state index contributed by atoms with van der Waals surface area (Å²) in [7, 11) is 2.80. The molecular weight excluding hydrogens is 282 g/mol. The fourth-order valence-electron chi connectivity index (χ4n) is 1.25. The Hall–Kier alpha value is -1.77. The Kier molecular flexibility index (Phi) is 6.29. The van der Waals surface area contributed by atoms with Gasteiger partial charge in [-0.15, -0.1) is 0 Å². The standard InChI is InChI=1S/C11H19N5O3S/c1-6-16(20-11(17)19-5)9-13-8(12-7(2)3)14-10(15-9)18-4/h7H,6H2,1-5H3,(H,12,13,14,15). The van der Waals surface area contributed by atoms with Crippen molar-refractivity contribution >= 4 is 29.1 Å². The van der Waals surface area contributed by atoms with E-state index in [1.165, 1.54) is 14.2 Å². The van der Waals surface area contributed by atoms with E-state index in [1.54, 1.807) is 4.31 Å². The Labute approximate surface area is 122 Å². The Morgan fingerprint density at radius 1 is 1.35 bits per heavy atom. The van der Waals surface area contributed by atoms with Gasteiger partial charge in [0.2, 0.25) is 11.9 Å². The zero-order valence-corrected chi connectivity index (χ0v) is 13.0.